The third kappa shape index (κ3) is 3.29. The molecule has 1 aliphatic heterocycles. The smallest absolute Gasteiger partial charge is 0.192 e. The summed E-state index contributed by atoms with van der Waals surface area (Å²) in [4.78, 5) is 12.9. The molecular weight excluding hydrogens is 396 g/mol. The van der Waals surface area contributed by atoms with Gasteiger partial charge in [0.1, 0.15) is 24.1 Å². The molecule has 1 saturated carbocycles. The molecule has 28 heavy (non-hydrogen) atoms. The first-order chi connectivity index (χ1) is 12.9. The first-order valence-corrected chi connectivity index (χ1v) is 13.0. The van der Waals surface area contributed by atoms with E-state index < -0.39 is 14.1 Å². The minimum atomic E-state index is -1.96. The number of aromatic nitrogens is 4. The number of hydrogen-bond acceptors (Lipinski definition) is 6. The maximum absolute atomic E-state index is 6.78. The molecule has 154 valence electrons. The zero-order chi connectivity index (χ0) is 20.5. The number of rotatable bonds is 3. The molecule has 2 aliphatic rings. The topological polar surface area (TPSA) is 71.3 Å². The zero-order valence-corrected chi connectivity index (χ0v) is 19.3. The molecule has 2 fully saturated rings. The van der Waals surface area contributed by atoms with Crippen molar-refractivity contribution in [3.8, 4) is 0 Å². The van der Waals surface area contributed by atoms with Crippen LogP contribution < -0.4 is 0 Å². The third-order valence-electron chi connectivity index (χ3n) is 6.31. The summed E-state index contributed by atoms with van der Waals surface area (Å²) in [5, 5.41) is 0.481. The van der Waals surface area contributed by atoms with Crippen LogP contribution >= 0.6 is 11.6 Å². The maximum Gasteiger partial charge on any atom is 0.192 e. The molecular formula is C19H29ClN4O3Si. The van der Waals surface area contributed by atoms with E-state index in [0.717, 1.165) is 6.42 Å². The van der Waals surface area contributed by atoms with E-state index in [9.17, 15) is 0 Å². The molecule has 9 heteroatoms. The second-order valence-electron chi connectivity index (χ2n) is 9.77. The van der Waals surface area contributed by atoms with E-state index in [1.54, 1.807) is 6.33 Å². The van der Waals surface area contributed by atoms with Gasteiger partial charge in [0.05, 0.1) is 18.5 Å². The van der Waals surface area contributed by atoms with Gasteiger partial charge in [-0.05, 0) is 38.4 Å². The van der Waals surface area contributed by atoms with E-state index in [4.69, 9.17) is 25.5 Å². The molecule has 4 atom stereocenters. The molecule has 0 radical (unpaired) electrons. The van der Waals surface area contributed by atoms with E-state index in [1.807, 2.05) is 18.4 Å². The lowest BCUT2D eigenvalue weighted by Crippen LogP contribution is -2.46. The van der Waals surface area contributed by atoms with Gasteiger partial charge in [-0.3, -0.25) is 0 Å². The second-order valence-corrected chi connectivity index (χ2v) is 14.9. The summed E-state index contributed by atoms with van der Waals surface area (Å²) in [5.41, 5.74) is 1.32. The molecule has 0 amide bonds. The Morgan fingerprint density at radius 3 is 2.54 bits per heavy atom. The number of hydrogen-bond donors (Lipinski definition) is 0. The van der Waals surface area contributed by atoms with Crippen LogP contribution in [-0.2, 0) is 13.9 Å². The van der Waals surface area contributed by atoms with Crippen LogP contribution in [0.5, 0.6) is 0 Å². The fourth-order valence-corrected chi connectivity index (χ4v) is 5.43. The van der Waals surface area contributed by atoms with Crippen molar-refractivity contribution < 1.29 is 13.9 Å². The van der Waals surface area contributed by atoms with Gasteiger partial charge in [-0.2, -0.15) is 0 Å². The minimum absolute atomic E-state index is 0.0116. The van der Waals surface area contributed by atoms with E-state index in [1.165, 1.54) is 6.33 Å². The summed E-state index contributed by atoms with van der Waals surface area (Å²) in [6, 6.07) is 0.0116. The fraction of sp³-hybridized carbons (Fsp3) is 0.737. The van der Waals surface area contributed by atoms with Crippen molar-refractivity contribution in [2.24, 2.45) is 0 Å². The first-order valence-electron chi connectivity index (χ1n) is 9.76. The molecule has 1 saturated heterocycles. The number of ether oxygens (including phenoxy) is 2. The van der Waals surface area contributed by atoms with Gasteiger partial charge in [0, 0.05) is 0 Å². The van der Waals surface area contributed by atoms with Gasteiger partial charge in [-0.1, -0.05) is 32.4 Å². The Bertz CT molecular complexity index is 895. The predicted octanol–water partition coefficient (Wildman–Crippen LogP) is 4.34. The van der Waals surface area contributed by atoms with E-state index in [0.29, 0.717) is 16.3 Å². The van der Waals surface area contributed by atoms with Crippen molar-refractivity contribution >= 4 is 31.1 Å². The van der Waals surface area contributed by atoms with Crippen molar-refractivity contribution in [2.75, 3.05) is 0 Å². The Balaban J connectivity index is 1.70. The summed E-state index contributed by atoms with van der Waals surface area (Å²) >= 11 is 6.20. The highest BCUT2D eigenvalue weighted by Crippen LogP contribution is 2.48. The second kappa shape index (κ2) is 6.47. The normalized spacial score (nSPS) is 30.1. The highest BCUT2D eigenvalue weighted by Gasteiger charge is 2.57. The lowest BCUT2D eigenvalue weighted by Gasteiger charge is -2.39. The van der Waals surface area contributed by atoms with Gasteiger partial charge in [0.2, 0.25) is 0 Å². The van der Waals surface area contributed by atoms with Gasteiger partial charge < -0.3 is 18.5 Å². The molecule has 0 N–H and O–H groups in total. The molecule has 0 bridgehead atoms. The monoisotopic (exact) mass is 424 g/mol. The van der Waals surface area contributed by atoms with Crippen molar-refractivity contribution in [1.82, 2.24) is 19.5 Å². The third-order valence-corrected chi connectivity index (χ3v) is 11.1. The van der Waals surface area contributed by atoms with E-state index in [-0.39, 0.29) is 29.4 Å². The van der Waals surface area contributed by atoms with Gasteiger partial charge in [0.15, 0.2) is 24.9 Å². The summed E-state index contributed by atoms with van der Waals surface area (Å²) in [6.45, 7) is 15.2. The van der Waals surface area contributed by atoms with Crippen LogP contribution in [0.4, 0.5) is 0 Å². The Morgan fingerprint density at radius 1 is 1.18 bits per heavy atom. The predicted molar refractivity (Wildman–Crippen MR) is 110 cm³/mol. The molecule has 0 spiro atoms. The molecule has 3 heterocycles. The molecule has 2 aromatic heterocycles. The number of halogens is 1. The van der Waals surface area contributed by atoms with Crippen molar-refractivity contribution in [2.45, 2.75) is 89.3 Å². The maximum atomic E-state index is 6.78. The zero-order valence-electron chi connectivity index (χ0n) is 17.6. The summed E-state index contributed by atoms with van der Waals surface area (Å²) in [7, 11) is -1.96. The Hall–Kier alpha value is -1.06. The lowest BCUT2D eigenvalue weighted by molar-refractivity contribution is -0.164. The Kier molecular flexibility index (Phi) is 4.67. The van der Waals surface area contributed by atoms with E-state index >= 15 is 0 Å². The highest BCUT2D eigenvalue weighted by molar-refractivity contribution is 6.74. The van der Waals surface area contributed by atoms with Crippen LogP contribution in [0, 0.1) is 0 Å². The average molecular weight is 425 g/mol. The van der Waals surface area contributed by atoms with Gasteiger partial charge >= 0.3 is 0 Å². The fourth-order valence-electron chi connectivity index (χ4n) is 3.92. The van der Waals surface area contributed by atoms with E-state index in [2.05, 4.69) is 48.8 Å². The van der Waals surface area contributed by atoms with Crippen molar-refractivity contribution in [1.29, 1.82) is 0 Å². The molecule has 1 aliphatic carbocycles. The quantitative estimate of drug-likeness (QED) is 0.539. The van der Waals surface area contributed by atoms with Gasteiger partial charge in [0.25, 0.3) is 0 Å². The van der Waals surface area contributed by atoms with Crippen molar-refractivity contribution in [3.05, 3.63) is 17.8 Å². The highest BCUT2D eigenvalue weighted by atomic mass is 35.5. The Morgan fingerprint density at radius 2 is 1.86 bits per heavy atom. The van der Waals surface area contributed by atoms with Crippen molar-refractivity contribution in [3.63, 3.8) is 0 Å². The van der Waals surface area contributed by atoms with Gasteiger partial charge in [-0.25, -0.2) is 15.0 Å². The summed E-state index contributed by atoms with van der Waals surface area (Å²) < 4.78 is 21.4. The first kappa shape index (κ1) is 20.2. The minimum Gasteiger partial charge on any atom is -0.411 e. The van der Waals surface area contributed by atoms with Crippen LogP contribution in [-0.4, -0.2) is 51.9 Å². The molecule has 0 aromatic carbocycles. The Labute approximate surface area is 171 Å². The number of imidazole rings is 1. The van der Waals surface area contributed by atoms with Crippen LogP contribution in [0.2, 0.25) is 23.3 Å². The average Bonchev–Trinajstić information content (AvgIpc) is 3.19. The molecule has 0 unspecified atom stereocenters. The number of nitrogens with zero attached hydrogens (tertiary/aromatic N) is 4. The van der Waals surface area contributed by atoms with Gasteiger partial charge in [-0.15, -0.1) is 0 Å². The lowest BCUT2D eigenvalue weighted by atomic mass is 10.2. The van der Waals surface area contributed by atoms with Crippen LogP contribution in [0.1, 0.15) is 47.1 Å². The summed E-state index contributed by atoms with van der Waals surface area (Å²) in [5.74, 6) is -0.647. The molecule has 7 nitrogen and oxygen atoms in total. The van der Waals surface area contributed by atoms with Crippen LogP contribution in [0.3, 0.4) is 0 Å². The SMILES string of the molecule is CC1(C)O[C@@H]2[C@H](O1)[C@@H](O[Si](C)(C)C(C)(C)C)C[C@H]2n1cnc2c(Cl)ncnc21. The summed E-state index contributed by atoms with van der Waals surface area (Å²) in [6.07, 6.45) is 3.74. The molecule has 4 rings (SSSR count). The molecule has 2 aromatic rings. The van der Waals surface area contributed by atoms with Crippen LogP contribution in [0.25, 0.3) is 11.2 Å². The standard InChI is InChI=1S/C19H29ClN4O3Si/c1-18(2,3)28(6,7)27-12-8-11(14-15(12)26-19(4,5)25-14)24-10-23-13-16(20)21-9-22-17(13)24/h9-12,14-15H,8H2,1-7H3/t11-,12+,14+,15-/m1/s1. The largest absolute Gasteiger partial charge is 0.411 e. The van der Waals surface area contributed by atoms with Crippen LogP contribution in [0.15, 0.2) is 12.7 Å². The number of fused-ring (bicyclic) bond motifs is 2.